The molecule has 1 fully saturated rings. The molecule has 0 aromatic heterocycles. The van der Waals surface area contributed by atoms with Gasteiger partial charge in [0.05, 0.1) is 6.10 Å². The zero-order chi connectivity index (χ0) is 12.8. The first-order valence-electron chi connectivity index (χ1n) is 6.05. The van der Waals surface area contributed by atoms with E-state index in [9.17, 15) is 9.59 Å². The summed E-state index contributed by atoms with van der Waals surface area (Å²) in [5.41, 5.74) is 0. The first-order valence-corrected chi connectivity index (χ1v) is 6.05. The van der Waals surface area contributed by atoms with E-state index in [4.69, 9.17) is 9.84 Å². The first-order chi connectivity index (χ1) is 8.01. The van der Waals surface area contributed by atoms with Crippen molar-refractivity contribution in [3.05, 3.63) is 0 Å². The van der Waals surface area contributed by atoms with Gasteiger partial charge >= 0.3 is 5.97 Å². The molecular weight excluding hydrogens is 222 g/mol. The van der Waals surface area contributed by atoms with Crippen molar-refractivity contribution in [1.82, 2.24) is 5.32 Å². The number of nitrogens with one attached hydrogen (secondary N) is 1. The van der Waals surface area contributed by atoms with E-state index in [0.717, 1.165) is 19.3 Å². The van der Waals surface area contributed by atoms with Crippen molar-refractivity contribution in [1.29, 1.82) is 0 Å². The maximum absolute atomic E-state index is 11.6. The lowest BCUT2D eigenvalue weighted by Gasteiger charge is -2.14. The summed E-state index contributed by atoms with van der Waals surface area (Å²) in [6.45, 7) is 1.78. The zero-order valence-electron chi connectivity index (χ0n) is 10.4. The molecular formula is C12H21NO4. The molecule has 0 aromatic rings. The van der Waals surface area contributed by atoms with Crippen molar-refractivity contribution >= 4 is 11.9 Å². The molecule has 0 saturated heterocycles. The zero-order valence-corrected chi connectivity index (χ0v) is 10.4. The molecule has 0 bridgehead atoms. The highest BCUT2D eigenvalue weighted by molar-refractivity contribution is 5.77. The number of rotatable bonds is 6. The van der Waals surface area contributed by atoms with Crippen LogP contribution in [0, 0.1) is 5.92 Å². The summed E-state index contributed by atoms with van der Waals surface area (Å²) in [4.78, 5) is 22.1. The van der Waals surface area contributed by atoms with Gasteiger partial charge in [0.15, 0.2) is 0 Å². The summed E-state index contributed by atoms with van der Waals surface area (Å²) in [5, 5.41) is 11.5. The van der Waals surface area contributed by atoms with E-state index in [2.05, 4.69) is 5.32 Å². The molecule has 2 N–H and O–H groups in total. The summed E-state index contributed by atoms with van der Waals surface area (Å²) >= 11 is 0. The van der Waals surface area contributed by atoms with Crippen molar-refractivity contribution in [3.8, 4) is 0 Å². The molecule has 0 aromatic carbocycles. The minimum atomic E-state index is -0.856. The van der Waals surface area contributed by atoms with Gasteiger partial charge in [0, 0.05) is 26.0 Å². The van der Waals surface area contributed by atoms with Crippen molar-refractivity contribution < 1.29 is 19.4 Å². The SMILES string of the molecule is COC1CCC(NC(=O)CC(C)CC(=O)O)C1. The van der Waals surface area contributed by atoms with Gasteiger partial charge in [0.1, 0.15) is 0 Å². The average molecular weight is 243 g/mol. The van der Waals surface area contributed by atoms with Gasteiger partial charge in [0.25, 0.3) is 0 Å². The lowest BCUT2D eigenvalue weighted by atomic mass is 10.0. The van der Waals surface area contributed by atoms with Crippen LogP contribution < -0.4 is 5.32 Å². The Balaban J connectivity index is 2.23. The van der Waals surface area contributed by atoms with Crippen LogP contribution >= 0.6 is 0 Å². The maximum atomic E-state index is 11.6. The molecule has 3 unspecified atom stereocenters. The number of hydrogen-bond acceptors (Lipinski definition) is 3. The first kappa shape index (κ1) is 14.0. The molecule has 1 aliphatic carbocycles. The Hall–Kier alpha value is -1.10. The molecule has 98 valence electrons. The van der Waals surface area contributed by atoms with Gasteiger partial charge < -0.3 is 15.2 Å². The number of ether oxygens (including phenoxy) is 1. The second-order valence-electron chi connectivity index (χ2n) is 4.84. The Morgan fingerprint density at radius 2 is 2.12 bits per heavy atom. The largest absolute Gasteiger partial charge is 0.481 e. The maximum Gasteiger partial charge on any atom is 0.303 e. The van der Waals surface area contributed by atoms with E-state index in [1.807, 2.05) is 0 Å². The molecule has 5 heteroatoms. The number of carbonyl (C=O) groups excluding carboxylic acids is 1. The van der Waals surface area contributed by atoms with Crippen LogP contribution in [0.2, 0.25) is 0 Å². The quantitative estimate of drug-likeness (QED) is 0.734. The molecule has 0 aliphatic heterocycles. The fourth-order valence-electron chi connectivity index (χ4n) is 2.26. The van der Waals surface area contributed by atoms with Crippen LogP contribution in [0.4, 0.5) is 0 Å². The lowest BCUT2D eigenvalue weighted by Crippen LogP contribution is -2.34. The molecule has 1 amide bonds. The van der Waals surface area contributed by atoms with E-state index in [-0.39, 0.29) is 36.8 Å². The fraction of sp³-hybridized carbons (Fsp3) is 0.833. The van der Waals surface area contributed by atoms with Crippen LogP contribution in [0.15, 0.2) is 0 Å². The minimum absolute atomic E-state index is 0.0405. The fourth-order valence-corrected chi connectivity index (χ4v) is 2.26. The third-order valence-electron chi connectivity index (χ3n) is 3.14. The summed E-state index contributed by atoms with van der Waals surface area (Å²) < 4.78 is 5.23. The number of carbonyl (C=O) groups is 2. The standard InChI is InChI=1S/C12H21NO4/c1-8(6-12(15)16)5-11(14)13-9-3-4-10(7-9)17-2/h8-10H,3-7H2,1-2H3,(H,13,14)(H,15,16). The van der Waals surface area contributed by atoms with Crippen molar-refractivity contribution in [3.63, 3.8) is 0 Å². The normalized spacial score (nSPS) is 25.5. The third kappa shape index (κ3) is 5.17. The van der Waals surface area contributed by atoms with Gasteiger partial charge in [-0.3, -0.25) is 9.59 Å². The van der Waals surface area contributed by atoms with Gasteiger partial charge in [-0.1, -0.05) is 6.92 Å². The number of methoxy groups -OCH3 is 1. The molecule has 3 atom stereocenters. The second kappa shape index (κ2) is 6.59. The van der Waals surface area contributed by atoms with E-state index in [1.54, 1.807) is 14.0 Å². The number of amides is 1. The van der Waals surface area contributed by atoms with Gasteiger partial charge in [-0.15, -0.1) is 0 Å². The van der Waals surface area contributed by atoms with Crippen LogP contribution in [0.25, 0.3) is 0 Å². The highest BCUT2D eigenvalue weighted by Crippen LogP contribution is 2.21. The summed E-state index contributed by atoms with van der Waals surface area (Å²) in [6.07, 6.45) is 3.34. The molecule has 1 rings (SSSR count). The number of carboxylic acid groups (broad SMARTS) is 1. The average Bonchev–Trinajstić information content (AvgIpc) is 2.63. The Kier molecular flexibility index (Phi) is 5.41. The van der Waals surface area contributed by atoms with Gasteiger partial charge in [-0.05, 0) is 25.2 Å². The van der Waals surface area contributed by atoms with E-state index < -0.39 is 5.97 Å². The molecule has 0 radical (unpaired) electrons. The molecule has 5 nitrogen and oxygen atoms in total. The van der Waals surface area contributed by atoms with Crippen molar-refractivity contribution in [2.75, 3.05) is 7.11 Å². The van der Waals surface area contributed by atoms with E-state index >= 15 is 0 Å². The number of hydrogen-bond donors (Lipinski definition) is 2. The lowest BCUT2D eigenvalue weighted by molar-refractivity contribution is -0.138. The minimum Gasteiger partial charge on any atom is -0.481 e. The Morgan fingerprint density at radius 3 is 2.65 bits per heavy atom. The number of carboxylic acids is 1. The predicted octanol–water partition coefficient (Wildman–Crippen LogP) is 1.17. The van der Waals surface area contributed by atoms with Gasteiger partial charge in [0.2, 0.25) is 5.91 Å². The monoisotopic (exact) mass is 243 g/mol. The molecule has 1 aliphatic rings. The Morgan fingerprint density at radius 1 is 1.41 bits per heavy atom. The number of aliphatic carboxylic acids is 1. The second-order valence-corrected chi connectivity index (χ2v) is 4.84. The van der Waals surface area contributed by atoms with Gasteiger partial charge in [-0.25, -0.2) is 0 Å². The Labute approximate surface area is 102 Å². The Bertz CT molecular complexity index is 280. The highest BCUT2D eigenvalue weighted by Gasteiger charge is 2.26. The van der Waals surface area contributed by atoms with Crippen LogP contribution in [-0.2, 0) is 14.3 Å². The topological polar surface area (TPSA) is 75.6 Å². The highest BCUT2D eigenvalue weighted by atomic mass is 16.5. The third-order valence-corrected chi connectivity index (χ3v) is 3.14. The molecule has 1 saturated carbocycles. The molecule has 17 heavy (non-hydrogen) atoms. The van der Waals surface area contributed by atoms with Gasteiger partial charge in [-0.2, -0.15) is 0 Å². The molecule has 0 heterocycles. The summed E-state index contributed by atoms with van der Waals surface area (Å²) in [6, 6.07) is 0.185. The van der Waals surface area contributed by atoms with Crippen LogP contribution in [0.3, 0.4) is 0 Å². The van der Waals surface area contributed by atoms with E-state index in [1.165, 1.54) is 0 Å². The summed E-state index contributed by atoms with van der Waals surface area (Å²) in [7, 11) is 1.68. The van der Waals surface area contributed by atoms with E-state index in [0.29, 0.717) is 0 Å². The summed E-state index contributed by atoms with van der Waals surface area (Å²) in [5.74, 6) is -1.03. The van der Waals surface area contributed by atoms with Crippen molar-refractivity contribution in [2.24, 2.45) is 5.92 Å². The van der Waals surface area contributed by atoms with Crippen LogP contribution in [-0.4, -0.2) is 36.2 Å². The predicted molar refractivity (Wildman–Crippen MR) is 62.6 cm³/mol. The molecule has 0 spiro atoms. The van der Waals surface area contributed by atoms with Crippen molar-refractivity contribution in [2.45, 2.75) is 51.2 Å². The smallest absolute Gasteiger partial charge is 0.303 e. The van der Waals surface area contributed by atoms with Crippen LogP contribution in [0.5, 0.6) is 0 Å². The van der Waals surface area contributed by atoms with Crippen LogP contribution in [0.1, 0.15) is 39.0 Å².